The van der Waals surface area contributed by atoms with Gasteiger partial charge in [0.1, 0.15) is 0 Å². The Morgan fingerprint density at radius 3 is 1.88 bits per heavy atom. The maximum atomic E-state index is 11.7. The predicted molar refractivity (Wildman–Crippen MR) is 55.0 cm³/mol. The van der Waals surface area contributed by atoms with Gasteiger partial charge in [-0.25, -0.2) is 0 Å². The standard InChI is InChI=1S/C13H14O3/c14-12-10-8-5-9(11(10)13(15)16-12)7-4-2-1-3-6(7)8/h1-2,6-11H,3-5H2/t6?,7?,8-,9+,10+,11-. The van der Waals surface area contributed by atoms with Crippen molar-refractivity contribution < 1.29 is 14.3 Å². The summed E-state index contributed by atoms with van der Waals surface area (Å²) in [6.45, 7) is 0. The average molecular weight is 218 g/mol. The summed E-state index contributed by atoms with van der Waals surface area (Å²) < 4.78 is 4.82. The number of esters is 2. The first-order valence-electron chi connectivity index (χ1n) is 6.18. The predicted octanol–water partition coefficient (Wildman–Crippen LogP) is 1.53. The molecular weight excluding hydrogens is 204 g/mol. The van der Waals surface area contributed by atoms with Gasteiger partial charge in [-0.15, -0.1) is 0 Å². The Bertz CT molecular complexity index is 375. The molecule has 0 aromatic rings. The largest absolute Gasteiger partial charge is 0.393 e. The minimum absolute atomic E-state index is 0.0924. The molecule has 0 spiro atoms. The van der Waals surface area contributed by atoms with E-state index in [1.54, 1.807) is 0 Å². The zero-order valence-electron chi connectivity index (χ0n) is 8.96. The van der Waals surface area contributed by atoms with E-state index in [0.29, 0.717) is 23.7 Å². The Hall–Kier alpha value is -1.12. The zero-order valence-corrected chi connectivity index (χ0v) is 8.96. The third-order valence-corrected chi connectivity index (χ3v) is 5.23. The second-order valence-corrected chi connectivity index (χ2v) is 5.63. The first-order valence-corrected chi connectivity index (χ1v) is 6.18. The molecule has 4 aliphatic rings. The third-order valence-electron chi connectivity index (χ3n) is 5.23. The molecule has 0 aromatic heterocycles. The van der Waals surface area contributed by atoms with Crippen LogP contribution in [0.2, 0.25) is 0 Å². The molecule has 2 saturated carbocycles. The average Bonchev–Trinajstić information content (AvgIpc) is 2.91. The number of allylic oxidation sites excluding steroid dienone is 2. The van der Waals surface area contributed by atoms with Crippen molar-refractivity contribution in [2.45, 2.75) is 19.3 Å². The number of carbonyl (C=O) groups is 2. The molecule has 1 aliphatic heterocycles. The fraction of sp³-hybridized carbons (Fsp3) is 0.692. The summed E-state index contributed by atoms with van der Waals surface area (Å²) in [5, 5.41) is 0. The Balaban J connectivity index is 1.76. The van der Waals surface area contributed by atoms with E-state index in [-0.39, 0.29) is 23.8 Å². The van der Waals surface area contributed by atoms with Crippen LogP contribution in [0.25, 0.3) is 0 Å². The van der Waals surface area contributed by atoms with Crippen molar-refractivity contribution in [3.8, 4) is 0 Å². The van der Waals surface area contributed by atoms with Gasteiger partial charge in [0.25, 0.3) is 0 Å². The molecule has 3 fully saturated rings. The molecule has 3 heteroatoms. The second-order valence-electron chi connectivity index (χ2n) is 5.63. The lowest BCUT2D eigenvalue weighted by Crippen LogP contribution is -2.37. The molecule has 84 valence electrons. The van der Waals surface area contributed by atoms with Crippen LogP contribution < -0.4 is 0 Å². The molecule has 3 nitrogen and oxygen atoms in total. The highest BCUT2D eigenvalue weighted by atomic mass is 16.6. The number of cyclic esters (lactones) is 2. The van der Waals surface area contributed by atoms with E-state index in [0.717, 1.165) is 19.3 Å². The summed E-state index contributed by atoms with van der Waals surface area (Å²) in [6.07, 6.45) is 7.73. The summed E-state index contributed by atoms with van der Waals surface area (Å²) in [4.78, 5) is 23.3. The van der Waals surface area contributed by atoms with Crippen molar-refractivity contribution in [3.05, 3.63) is 12.2 Å². The van der Waals surface area contributed by atoms with E-state index in [9.17, 15) is 9.59 Å². The maximum Gasteiger partial charge on any atom is 0.317 e. The highest BCUT2D eigenvalue weighted by Gasteiger charge is 2.65. The van der Waals surface area contributed by atoms with Crippen molar-refractivity contribution in [2.24, 2.45) is 35.5 Å². The highest BCUT2D eigenvalue weighted by Crippen LogP contribution is 2.63. The molecule has 2 bridgehead atoms. The van der Waals surface area contributed by atoms with Gasteiger partial charge >= 0.3 is 11.9 Å². The lowest BCUT2D eigenvalue weighted by molar-refractivity contribution is -0.154. The van der Waals surface area contributed by atoms with Crippen LogP contribution in [0.1, 0.15) is 19.3 Å². The number of fused-ring (bicyclic) bond motifs is 8. The summed E-state index contributed by atoms with van der Waals surface area (Å²) in [7, 11) is 0. The Kier molecular flexibility index (Phi) is 1.55. The van der Waals surface area contributed by atoms with E-state index in [1.165, 1.54) is 0 Å². The minimum Gasteiger partial charge on any atom is -0.393 e. The fourth-order valence-electron chi connectivity index (χ4n) is 4.74. The molecule has 0 radical (unpaired) electrons. The summed E-state index contributed by atoms with van der Waals surface area (Å²) >= 11 is 0. The normalized spacial score (nSPS) is 52.8. The summed E-state index contributed by atoms with van der Waals surface area (Å²) in [5.41, 5.74) is 0. The van der Waals surface area contributed by atoms with Gasteiger partial charge in [-0.05, 0) is 42.9 Å². The van der Waals surface area contributed by atoms with Gasteiger partial charge < -0.3 is 4.74 Å². The molecule has 4 rings (SSSR count). The molecule has 16 heavy (non-hydrogen) atoms. The lowest BCUT2D eigenvalue weighted by Gasteiger charge is -2.36. The van der Waals surface area contributed by atoms with Gasteiger partial charge in [-0.1, -0.05) is 12.2 Å². The number of hydrogen-bond donors (Lipinski definition) is 0. The van der Waals surface area contributed by atoms with Crippen LogP contribution >= 0.6 is 0 Å². The van der Waals surface area contributed by atoms with E-state index in [2.05, 4.69) is 12.2 Å². The van der Waals surface area contributed by atoms with Crippen LogP contribution in [0.15, 0.2) is 12.2 Å². The SMILES string of the molecule is O=C1OC(=O)[C@H]2[C@@H]1[C@@H]1C[C@H]2C2CC=CCC21. The number of carbonyl (C=O) groups excluding carboxylic acids is 2. The molecular formula is C13H14O3. The topological polar surface area (TPSA) is 43.4 Å². The van der Waals surface area contributed by atoms with Gasteiger partial charge in [-0.3, -0.25) is 9.59 Å². The lowest BCUT2D eigenvalue weighted by atomic mass is 9.65. The fourth-order valence-corrected chi connectivity index (χ4v) is 4.74. The molecule has 3 aliphatic carbocycles. The third kappa shape index (κ3) is 0.864. The van der Waals surface area contributed by atoms with E-state index in [1.807, 2.05) is 0 Å². The van der Waals surface area contributed by atoms with Crippen LogP contribution in [0.3, 0.4) is 0 Å². The van der Waals surface area contributed by atoms with Crippen molar-refractivity contribution in [2.75, 3.05) is 0 Å². The number of rotatable bonds is 0. The van der Waals surface area contributed by atoms with E-state index in [4.69, 9.17) is 4.74 Å². The molecule has 1 heterocycles. The Labute approximate surface area is 93.8 Å². The minimum atomic E-state index is -0.240. The van der Waals surface area contributed by atoms with E-state index >= 15 is 0 Å². The first kappa shape index (κ1) is 8.97. The van der Waals surface area contributed by atoms with Crippen LogP contribution in [0, 0.1) is 35.5 Å². The molecule has 1 saturated heterocycles. The molecule has 0 amide bonds. The summed E-state index contributed by atoms with van der Waals surface area (Å²) in [5.74, 6) is 1.44. The Morgan fingerprint density at radius 1 is 0.875 bits per heavy atom. The van der Waals surface area contributed by atoms with Crippen molar-refractivity contribution in [1.82, 2.24) is 0 Å². The molecule has 0 N–H and O–H groups in total. The quantitative estimate of drug-likeness (QED) is 0.352. The van der Waals surface area contributed by atoms with Crippen LogP contribution in [-0.4, -0.2) is 11.9 Å². The highest BCUT2D eigenvalue weighted by molar-refractivity contribution is 5.97. The van der Waals surface area contributed by atoms with E-state index < -0.39 is 0 Å². The van der Waals surface area contributed by atoms with Gasteiger partial charge in [-0.2, -0.15) is 0 Å². The first-order chi connectivity index (χ1) is 7.77. The monoisotopic (exact) mass is 218 g/mol. The van der Waals surface area contributed by atoms with Crippen molar-refractivity contribution in [1.29, 1.82) is 0 Å². The number of hydrogen-bond acceptors (Lipinski definition) is 3. The Morgan fingerprint density at radius 2 is 1.38 bits per heavy atom. The molecule has 2 unspecified atom stereocenters. The van der Waals surface area contributed by atoms with Crippen LogP contribution in [0.4, 0.5) is 0 Å². The van der Waals surface area contributed by atoms with Crippen molar-refractivity contribution in [3.63, 3.8) is 0 Å². The molecule has 0 aromatic carbocycles. The van der Waals surface area contributed by atoms with Crippen LogP contribution in [0.5, 0.6) is 0 Å². The maximum absolute atomic E-state index is 11.7. The smallest absolute Gasteiger partial charge is 0.317 e. The van der Waals surface area contributed by atoms with Gasteiger partial charge in [0.05, 0.1) is 11.8 Å². The van der Waals surface area contributed by atoms with Gasteiger partial charge in [0.2, 0.25) is 0 Å². The van der Waals surface area contributed by atoms with Crippen molar-refractivity contribution >= 4 is 11.9 Å². The second kappa shape index (κ2) is 2.76. The van der Waals surface area contributed by atoms with Gasteiger partial charge in [0, 0.05) is 0 Å². The van der Waals surface area contributed by atoms with Crippen LogP contribution in [-0.2, 0) is 14.3 Å². The van der Waals surface area contributed by atoms with Gasteiger partial charge in [0.15, 0.2) is 0 Å². The zero-order chi connectivity index (χ0) is 10.9. The molecule has 6 atom stereocenters. The summed E-state index contributed by atoms with van der Waals surface area (Å²) in [6, 6.07) is 0. The number of ether oxygens (including phenoxy) is 1.